The van der Waals surface area contributed by atoms with Crippen LogP contribution in [0.5, 0.6) is 0 Å². The number of sulfonamides is 1. The lowest BCUT2D eigenvalue weighted by atomic mass is 9.95. The van der Waals surface area contributed by atoms with Crippen molar-refractivity contribution < 1.29 is 23.1 Å². The number of rotatable bonds is 15. The predicted octanol–water partition coefficient (Wildman–Crippen LogP) is 1.13. The molecule has 0 aromatic heterocycles. The van der Waals surface area contributed by atoms with Gasteiger partial charge in [-0.3, -0.25) is 9.59 Å². The van der Waals surface area contributed by atoms with Gasteiger partial charge in [0, 0.05) is 13.1 Å². The van der Waals surface area contributed by atoms with Crippen molar-refractivity contribution in [3.8, 4) is 0 Å². The van der Waals surface area contributed by atoms with Crippen molar-refractivity contribution in [2.45, 2.75) is 71.7 Å². The Kier molecular flexibility index (Phi) is 12.9. The van der Waals surface area contributed by atoms with E-state index >= 15 is 0 Å². The summed E-state index contributed by atoms with van der Waals surface area (Å²) in [5.74, 6) is -0.789. The van der Waals surface area contributed by atoms with Crippen LogP contribution in [-0.2, 0) is 26.0 Å². The second-order valence-electron chi connectivity index (χ2n) is 9.73. The van der Waals surface area contributed by atoms with E-state index in [4.69, 9.17) is 0 Å². The highest BCUT2D eigenvalue weighted by molar-refractivity contribution is 7.88. The van der Waals surface area contributed by atoms with Gasteiger partial charge in [-0.1, -0.05) is 64.4 Å². The van der Waals surface area contributed by atoms with Gasteiger partial charge in [0.15, 0.2) is 0 Å². The van der Waals surface area contributed by atoms with Crippen LogP contribution in [0.1, 0.15) is 46.6 Å². The lowest BCUT2D eigenvalue weighted by Crippen LogP contribution is -2.58. The van der Waals surface area contributed by atoms with Crippen molar-refractivity contribution in [2.75, 3.05) is 26.4 Å². The molecule has 2 amide bonds. The molecule has 9 nitrogen and oxygen atoms in total. The minimum absolute atomic E-state index is 0.0678. The van der Waals surface area contributed by atoms with Crippen molar-refractivity contribution >= 4 is 21.8 Å². The van der Waals surface area contributed by atoms with Crippen molar-refractivity contribution in [3.63, 3.8) is 0 Å². The lowest BCUT2D eigenvalue weighted by molar-refractivity contribution is -0.131. The minimum Gasteiger partial charge on any atom is -0.390 e. The molecule has 0 fully saturated rings. The first-order chi connectivity index (χ1) is 16.3. The zero-order valence-corrected chi connectivity index (χ0v) is 22.9. The van der Waals surface area contributed by atoms with Gasteiger partial charge in [0.05, 0.1) is 24.4 Å². The number of hydrogen-bond acceptors (Lipinski definition) is 6. The summed E-state index contributed by atoms with van der Waals surface area (Å²) < 4.78 is 25.9. The maximum atomic E-state index is 13.4. The Labute approximate surface area is 211 Å². The Morgan fingerprint density at radius 2 is 1.60 bits per heavy atom. The Bertz CT molecular complexity index is 894. The number of nitrogens with one attached hydrogen (secondary N) is 3. The normalized spacial score (nSPS) is 16.4. The summed E-state index contributed by atoms with van der Waals surface area (Å²) in [6, 6.07) is 7.35. The Balaban J connectivity index is 3.19. The summed E-state index contributed by atoms with van der Waals surface area (Å²) >= 11 is 0. The Hall–Kier alpha value is -2.01. The zero-order chi connectivity index (χ0) is 26.8. The van der Waals surface area contributed by atoms with Gasteiger partial charge in [0.2, 0.25) is 21.8 Å². The molecule has 1 aromatic carbocycles. The quantitative estimate of drug-likeness (QED) is 0.279. The number of likely N-dealkylation sites (N-methyl/N-ethyl adjacent to an activating group) is 1. The second-order valence-corrected chi connectivity index (χ2v) is 11.7. The Morgan fingerprint density at radius 3 is 2.09 bits per heavy atom. The van der Waals surface area contributed by atoms with Crippen molar-refractivity contribution in [3.05, 3.63) is 35.9 Å². The number of benzene rings is 1. The number of amides is 2. The SMILES string of the molecule is CCC(C)C(NC(=O)C(C)NC)C(=O)NC(Cc1ccccc1)C(O)CN(CC(C)C)S(C)(=O)=O. The third kappa shape index (κ3) is 10.6. The molecule has 0 aliphatic carbocycles. The maximum absolute atomic E-state index is 13.4. The van der Waals surface area contributed by atoms with Crippen LogP contribution in [0.2, 0.25) is 0 Å². The minimum atomic E-state index is -3.56. The number of aliphatic hydroxyl groups is 1. The summed E-state index contributed by atoms with van der Waals surface area (Å²) in [4.78, 5) is 25.9. The molecule has 200 valence electrons. The molecular weight excluding hydrogens is 468 g/mol. The highest BCUT2D eigenvalue weighted by Crippen LogP contribution is 2.14. The van der Waals surface area contributed by atoms with Gasteiger partial charge in [0.1, 0.15) is 6.04 Å². The summed E-state index contributed by atoms with van der Waals surface area (Å²) in [6.45, 7) is 9.44. The standard InChI is InChI=1S/C25H44N4O5S/c1-8-18(4)23(28-24(31)19(5)26-6)25(32)27-21(14-20-12-10-9-11-13-20)22(30)16-29(15-17(2)3)35(7,33)34/h9-13,17-19,21-23,26,30H,8,14-16H2,1-7H3,(H,27,32)(H,28,31). The zero-order valence-electron chi connectivity index (χ0n) is 22.1. The average molecular weight is 513 g/mol. The molecule has 0 saturated heterocycles. The summed E-state index contributed by atoms with van der Waals surface area (Å²) in [6.07, 6.45) is 0.928. The number of nitrogens with zero attached hydrogens (tertiary/aromatic N) is 1. The molecule has 0 radical (unpaired) electrons. The predicted molar refractivity (Wildman–Crippen MR) is 139 cm³/mol. The lowest BCUT2D eigenvalue weighted by Gasteiger charge is -2.32. The largest absolute Gasteiger partial charge is 0.390 e. The van der Waals surface area contributed by atoms with Crippen LogP contribution in [0, 0.1) is 11.8 Å². The Morgan fingerprint density at radius 1 is 1.00 bits per heavy atom. The van der Waals surface area contributed by atoms with E-state index < -0.39 is 40.2 Å². The molecule has 4 N–H and O–H groups in total. The number of hydrogen-bond donors (Lipinski definition) is 4. The van der Waals surface area contributed by atoms with Crippen LogP contribution in [0.25, 0.3) is 0 Å². The van der Waals surface area contributed by atoms with Crippen LogP contribution in [0.15, 0.2) is 30.3 Å². The molecule has 0 aliphatic heterocycles. The van der Waals surface area contributed by atoms with E-state index in [0.29, 0.717) is 12.8 Å². The van der Waals surface area contributed by atoms with Crippen LogP contribution in [0.4, 0.5) is 0 Å². The molecule has 0 bridgehead atoms. The molecule has 0 saturated carbocycles. The second kappa shape index (κ2) is 14.5. The molecule has 5 atom stereocenters. The first-order valence-electron chi connectivity index (χ1n) is 12.2. The fraction of sp³-hybridized carbons (Fsp3) is 0.680. The number of carbonyl (C=O) groups excluding carboxylic acids is 2. The third-order valence-corrected chi connectivity index (χ3v) is 7.37. The van der Waals surface area contributed by atoms with Crippen molar-refractivity contribution in [1.29, 1.82) is 0 Å². The van der Waals surface area contributed by atoms with Gasteiger partial charge in [-0.15, -0.1) is 0 Å². The first-order valence-corrected chi connectivity index (χ1v) is 14.1. The molecule has 5 unspecified atom stereocenters. The molecule has 35 heavy (non-hydrogen) atoms. The van der Waals surface area contributed by atoms with Gasteiger partial charge in [0.25, 0.3) is 0 Å². The van der Waals surface area contributed by atoms with Gasteiger partial charge in [-0.05, 0) is 37.8 Å². The van der Waals surface area contributed by atoms with E-state index in [0.717, 1.165) is 11.8 Å². The van der Waals surface area contributed by atoms with Crippen LogP contribution in [0.3, 0.4) is 0 Å². The molecule has 10 heteroatoms. The highest BCUT2D eigenvalue weighted by atomic mass is 32.2. The first kappa shape index (κ1) is 31.0. The fourth-order valence-corrected chi connectivity index (χ4v) is 4.62. The van der Waals surface area contributed by atoms with Crippen LogP contribution in [-0.4, -0.2) is 80.3 Å². The van der Waals surface area contributed by atoms with Gasteiger partial charge >= 0.3 is 0 Å². The molecular formula is C25H44N4O5S. The maximum Gasteiger partial charge on any atom is 0.243 e. The van der Waals surface area contributed by atoms with Crippen LogP contribution >= 0.6 is 0 Å². The fourth-order valence-electron chi connectivity index (χ4n) is 3.62. The number of aliphatic hydroxyl groups excluding tert-OH is 1. The molecule has 1 rings (SSSR count). The van der Waals surface area contributed by atoms with E-state index in [1.807, 2.05) is 58.0 Å². The summed E-state index contributed by atoms with van der Waals surface area (Å²) in [5.41, 5.74) is 0.888. The van der Waals surface area contributed by atoms with E-state index in [9.17, 15) is 23.1 Å². The van der Waals surface area contributed by atoms with Crippen molar-refractivity contribution in [1.82, 2.24) is 20.3 Å². The van der Waals surface area contributed by atoms with Gasteiger partial charge < -0.3 is 21.1 Å². The average Bonchev–Trinajstić information content (AvgIpc) is 2.80. The smallest absolute Gasteiger partial charge is 0.243 e. The molecule has 0 aliphatic rings. The van der Waals surface area contributed by atoms with E-state index in [-0.39, 0.29) is 30.8 Å². The van der Waals surface area contributed by atoms with Crippen molar-refractivity contribution in [2.24, 2.45) is 11.8 Å². The number of carbonyl (C=O) groups is 2. The monoisotopic (exact) mass is 512 g/mol. The molecule has 0 heterocycles. The van der Waals surface area contributed by atoms with Gasteiger partial charge in [-0.25, -0.2) is 8.42 Å². The van der Waals surface area contributed by atoms with E-state index in [1.54, 1.807) is 14.0 Å². The summed E-state index contributed by atoms with van der Waals surface area (Å²) in [7, 11) is -1.89. The highest BCUT2D eigenvalue weighted by Gasteiger charge is 2.32. The summed E-state index contributed by atoms with van der Waals surface area (Å²) in [5, 5.41) is 19.7. The van der Waals surface area contributed by atoms with Gasteiger partial charge in [-0.2, -0.15) is 4.31 Å². The van der Waals surface area contributed by atoms with Crippen LogP contribution < -0.4 is 16.0 Å². The molecule has 1 aromatic rings. The molecule has 0 spiro atoms. The topological polar surface area (TPSA) is 128 Å². The van der Waals surface area contributed by atoms with E-state index in [1.165, 1.54) is 4.31 Å². The third-order valence-electron chi connectivity index (χ3n) is 6.14. The van der Waals surface area contributed by atoms with E-state index in [2.05, 4.69) is 16.0 Å².